The molecular weight excluding hydrogens is 380 g/mol. The minimum atomic E-state index is -0.141. The molecule has 7 nitrogen and oxygen atoms in total. The van der Waals surface area contributed by atoms with Gasteiger partial charge in [0.25, 0.3) is 5.91 Å². The van der Waals surface area contributed by atoms with Crippen LogP contribution in [0.4, 0.5) is 0 Å². The largest absolute Gasteiger partial charge is 0.352 e. The second-order valence-electron chi connectivity index (χ2n) is 8.27. The molecule has 0 radical (unpaired) electrons. The number of piperazine rings is 1. The standard InChI is InChI=1S/C23H34N4O3/c1-19-8-4-5-9-20(19)23(30)24-11-10-21(28)27-16-14-25(15-17-27)18-22(29)26-12-6-2-3-7-13-26/h4-5,8-9H,2-3,6-7,10-18H2,1H3,(H,24,30). The first-order valence-corrected chi connectivity index (χ1v) is 11.2. The maximum Gasteiger partial charge on any atom is 0.251 e. The number of hydrogen-bond acceptors (Lipinski definition) is 4. The topological polar surface area (TPSA) is 73.0 Å². The van der Waals surface area contributed by atoms with Crippen LogP contribution in [0.3, 0.4) is 0 Å². The van der Waals surface area contributed by atoms with Gasteiger partial charge in [-0.25, -0.2) is 0 Å². The highest BCUT2D eigenvalue weighted by Gasteiger charge is 2.24. The Bertz CT molecular complexity index is 736. The molecule has 2 fully saturated rings. The zero-order chi connectivity index (χ0) is 21.3. The number of likely N-dealkylation sites (tertiary alicyclic amines) is 1. The number of nitrogens with one attached hydrogen (secondary N) is 1. The molecule has 2 saturated heterocycles. The molecule has 7 heteroatoms. The van der Waals surface area contributed by atoms with Crippen molar-refractivity contribution in [3.05, 3.63) is 35.4 Å². The summed E-state index contributed by atoms with van der Waals surface area (Å²) in [4.78, 5) is 43.3. The fourth-order valence-corrected chi connectivity index (χ4v) is 4.13. The van der Waals surface area contributed by atoms with Gasteiger partial charge in [-0.1, -0.05) is 31.0 Å². The summed E-state index contributed by atoms with van der Waals surface area (Å²) in [5, 5.41) is 2.84. The molecular formula is C23H34N4O3. The first kappa shape index (κ1) is 22.3. The van der Waals surface area contributed by atoms with Crippen LogP contribution in [0.1, 0.15) is 48.0 Å². The summed E-state index contributed by atoms with van der Waals surface area (Å²) in [6.07, 6.45) is 4.94. The summed E-state index contributed by atoms with van der Waals surface area (Å²) < 4.78 is 0. The van der Waals surface area contributed by atoms with Crippen LogP contribution >= 0.6 is 0 Å². The highest BCUT2D eigenvalue weighted by Crippen LogP contribution is 2.11. The highest BCUT2D eigenvalue weighted by atomic mass is 16.2. The molecule has 0 saturated carbocycles. The highest BCUT2D eigenvalue weighted by molar-refractivity contribution is 5.95. The van der Waals surface area contributed by atoms with Gasteiger partial charge in [0, 0.05) is 57.8 Å². The van der Waals surface area contributed by atoms with Crippen molar-refractivity contribution in [3.8, 4) is 0 Å². The number of carbonyl (C=O) groups is 3. The van der Waals surface area contributed by atoms with Crippen molar-refractivity contribution in [2.45, 2.75) is 39.0 Å². The van der Waals surface area contributed by atoms with Crippen molar-refractivity contribution in [2.24, 2.45) is 0 Å². The van der Waals surface area contributed by atoms with Crippen LogP contribution in [0.2, 0.25) is 0 Å². The van der Waals surface area contributed by atoms with Gasteiger partial charge in [0.1, 0.15) is 0 Å². The average molecular weight is 415 g/mol. The number of hydrogen-bond donors (Lipinski definition) is 1. The minimum absolute atomic E-state index is 0.0542. The van der Waals surface area contributed by atoms with Crippen LogP contribution in [0, 0.1) is 6.92 Å². The molecule has 0 aliphatic carbocycles. The Labute approximate surface area is 179 Å². The molecule has 1 aromatic rings. The maximum atomic E-state index is 12.5. The van der Waals surface area contributed by atoms with E-state index in [-0.39, 0.29) is 17.7 Å². The lowest BCUT2D eigenvalue weighted by Crippen LogP contribution is -2.52. The van der Waals surface area contributed by atoms with Crippen LogP contribution in [-0.2, 0) is 9.59 Å². The molecule has 2 aliphatic heterocycles. The van der Waals surface area contributed by atoms with Gasteiger partial charge in [-0.2, -0.15) is 0 Å². The van der Waals surface area contributed by atoms with E-state index in [0.717, 1.165) is 44.6 Å². The van der Waals surface area contributed by atoms with Gasteiger partial charge in [0.2, 0.25) is 11.8 Å². The Morgan fingerprint density at radius 3 is 2.13 bits per heavy atom. The lowest BCUT2D eigenvalue weighted by atomic mass is 10.1. The van der Waals surface area contributed by atoms with E-state index in [1.807, 2.05) is 34.9 Å². The fraction of sp³-hybridized carbons (Fsp3) is 0.609. The van der Waals surface area contributed by atoms with Crippen molar-refractivity contribution in [1.82, 2.24) is 20.0 Å². The van der Waals surface area contributed by atoms with E-state index >= 15 is 0 Å². The molecule has 3 amide bonds. The quantitative estimate of drug-likeness (QED) is 0.769. The van der Waals surface area contributed by atoms with E-state index in [1.165, 1.54) is 12.8 Å². The van der Waals surface area contributed by atoms with Crippen molar-refractivity contribution in [1.29, 1.82) is 0 Å². The van der Waals surface area contributed by atoms with Crippen molar-refractivity contribution in [2.75, 3.05) is 52.4 Å². The normalized spacial score (nSPS) is 18.0. The Morgan fingerprint density at radius 2 is 1.47 bits per heavy atom. The van der Waals surface area contributed by atoms with Gasteiger partial charge >= 0.3 is 0 Å². The monoisotopic (exact) mass is 414 g/mol. The molecule has 1 aromatic carbocycles. The third kappa shape index (κ3) is 6.29. The van der Waals surface area contributed by atoms with Crippen LogP contribution < -0.4 is 5.32 Å². The number of carbonyl (C=O) groups excluding carboxylic acids is 3. The zero-order valence-corrected chi connectivity index (χ0v) is 18.1. The second-order valence-corrected chi connectivity index (χ2v) is 8.27. The number of nitrogens with zero attached hydrogens (tertiary/aromatic N) is 3. The van der Waals surface area contributed by atoms with Crippen LogP contribution in [0.5, 0.6) is 0 Å². The molecule has 2 aliphatic rings. The number of benzene rings is 1. The smallest absolute Gasteiger partial charge is 0.251 e. The van der Waals surface area contributed by atoms with E-state index in [0.29, 0.717) is 38.2 Å². The van der Waals surface area contributed by atoms with Crippen molar-refractivity contribution in [3.63, 3.8) is 0 Å². The summed E-state index contributed by atoms with van der Waals surface area (Å²) in [7, 11) is 0. The predicted molar refractivity (Wildman–Crippen MR) is 116 cm³/mol. The van der Waals surface area contributed by atoms with Gasteiger partial charge in [-0.05, 0) is 31.4 Å². The van der Waals surface area contributed by atoms with Crippen LogP contribution in [0.15, 0.2) is 24.3 Å². The molecule has 1 N–H and O–H groups in total. The molecule has 164 valence electrons. The molecule has 30 heavy (non-hydrogen) atoms. The lowest BCUT2D eigenvalue weighted by molar-refractivity contribution is -0.135. The van der Waals surface area contributed by atoms with Crippen molar-refractivity contribution >= 4 is 17.7 Å². The molecule has 0 unspecified atom stereocenters. The number of aryl methyl sites for hydroxylation is 1. The zero-order valence-electron chi connectivity index (χ0n) is 18.1. The summed E-state index contributed by atoms with van der Waals surface area (Å²) >= 11 is 0. The Hall–Kier alpha value is -2.41. The van der Waals surface area contributed by atoms with E-state index < -0.39 is 0 Å². The number of amides is 3. The Morgan fingerprint density at radius 1 is 0.833 bits per heavy atom. The third-order valence-corrected chi connectivity index (χ3v) is 6.06. The van der Waals surface area contributed by atoms with Crippen LogP contribution in [0.25, 0.3) is 0 Å². The summed E-state index contributed by atoms with van der Waals surface area (Å²) in [5.74, 6) is 0.131. The van der Waals surface area contributed by atoms with Crippen molar-refractivity contribution < 1.29 is 14.4 Å². The number of rotatable bonds is 6. The molecule has 0 spiro atoms. The third-order valence-electron chi connectivity index (χ3n) is 6.06. The van der Waals surface area contributed by atoms with E-state index in [9.17, 15) is 14.4 Å². The second kappa shape index (κ2) is 11.1. The summed E-state index contributed by atoms with van der Waals surface area (Å²) in [6, 6.07) is 7.43. The molecule has 2 heterocycles. The Balaban J connectivity index is 1.35. The van der Waals surface area contributed by atoms with E-state index in [1.54, 1.807) is 6.07 Å². The van der Waals surface area contributed by atoms with Gasteiger partial charge in [0.15, 0.2) is 0 Å². The minimum Gasteiger partial charge on any atom is -0.352 e. The molecule has 0 aromatic heterocycles. The van der Waals surface area contributed by atoms with Gasteiger partial charge in [-0.15, -0.1) is 0 Å². The first-order valence-electron chi connectivity index (χ1n) is 11.2. The van der Waals surface area contributed by atoms with E-state index in [4.69, 9.17) is 0 Å². The van der Waals surface area contributed by atoms with Gasteiger partial charge < -0.3 is 15.1 Å². The SMILES string of the molecule is Cc1ccccc1C(=O)NCCC(=O)N1CCN(CC(=O)N2CCCCCC2)CC1. The van der Waals surface area contributed by atoms with Gasteiger partial charge in [0.05, 0.1) is 6.54 Å². The molecule has 0 atom stereocenters. The summed E-state index contributed by atoms with van der Waals surface area (Å²) in [5.41, 5.74) is 1.57. The Kier molecular flexibility index (Phi) is 8.25. The first-order chi connectivity index (χ1) is 14.5. The molecule has 0 bridgehead atoms. The molecule has 3 rings (SSSR count). The predicted octanol–water partition coefficient (Wildman–Crippen LogP) is 1.66. The fourth-order valence-electron chi connectivity index (χ4n) is 4.13. The average Bonchev–Trinajstić information content (AvgIpc) is 3.04. The maximum absolute atomic E-state index is 12.5. The summed E-state index contributed by atoms with van der Waals surface area (Å²) in [6.45, 7) is 7.17. The lowest BCUT2D eigenvalue weighted by Gasteiger charge is -2.35. The van der Waals surface area contributed by atoms with Gasteiger partial charge in [-0.3, -0.25) is 19.3 Å². The van der Waals surface area contributed by atoms with Crippen LogP contribution in [-0.4, -0.2) is 84.8 Å². The van der Waals surface area contributed by atoms with E-state index in [2.05, 4.69) is 10.2 Å².